The van der Waals surface area contributed by atoms with Crippen LogP contribution in [-0.2, 0) is 0 Å². The lowest BCUT2D eigenvalue weighted by Gasteiger charge is -2.07. The van der Waals surface area contributed by atoms with Gasteiger partial charge >= 0.3 is 0 Å². The van der Waals surface area contributed by atoms with Crippen LogP contribution in [0.15, 0.2) is 87.6 Å². The highest BCUT2D eigenvalue weighted by Crippen LogP contribution is 2.28. The predicted octanol–water partition coefficient (Wildman–Crippen LogP) is 4.28. The molecule has 0 bridgehead atoms. The third-order valence-electron chi connectivity index (χ3n) is 3.70. The van der Waals surface area contributed by atoms with E-state index in [1.165, 1.54) is 0 Å². The molecule has 1 aromatic heterocycles. The van der Waals surface area contributed by atoms with Crippen molar-refractivity contribution in [2.45, 2.75) is 0 Å². The maximum absolute atomic E-state index is 4.78. The number of hydrogen-bond donors (Lipinski definition) is 1. The summed E-state index contributed by atoms with van der Waals surface area (Å²) < 4.78 is 0.983. The zero-order chi connectivity index (χ0) is 16.4. The number of amidine groups is 1. The van der Waals surface area contributed by atoms with E-state index in [1.54, 1.807) is 12.4 Å². The maximum Gasteiger partial charge on any atom is 0.154 e. The first kappa shape index (κ1) is 14.8. The van der Waals surface area contributed by atoms with Gasteiger partial charge in [-0.3, -0.25) is 10.4 Å². The highest BCUT2D eigenvalue weighted by atomic mass is 79.9. The van der Waals surface area contributed by atoms with Crippen LogP contribution in [0.4, 0.5) is 5.69 Å². The van der Waals surface area contributed by atoms with E-state index in [4.69, 9.17) is 4.99 Å². The molecule has 4 rings (SSSR count). The van der Waals surface area contributed by atoms with Gasteiger partial charge in [-0.15, -0.1) is 0 Å². The lowest BCUT2D eigenvalue weighted by atomic mass is 10.0. The number of rotatable bonds is 2. The van der Waals surface area contributed by atoms with Crippen LogP contribution in [0.3, 0.4) is 0 Å². The molecule has 0 radical (unpaired) electrons. The first-order valence-electron chi connectivity index (χ1n) is 7.49. The molecule has 0 aliphatic carbocycles. The molecule has 2 heterocycles. The van der Waals surface area contributed by atoms with E-state index in [9.17, 15) is 0 Å². The number of hydrazone groups is 1. The largest absolute Gasteiger partial charge is 0.264 e. The van der Waals surface area contributed by atoms with Gasteiger partial charge in [0.25, 0.3) is 0 Å². The number of benzene rings is 2. The van der Waals surface area contributed by atoms with Gasteiger partial charge in [0.1, 0.15) is 5.71 Å². The first-order chi connectivity index (χ1) is 11.8. The van der Waals surface area contributed by atoms with Gasteiger partial charge in [0.05, 0.1) is 5.69 Å². The van der Waals surface area contributed by atoms with E-state index >= 15 is 0 Å². The molecule has 0 atom stereocenters. The summed E-state index contributed by atoms with van der Waals surface area (Å²) in [7, 11) is 0. The molecule has 116 valence electrons. The highest BCUT2D eigenvalue weighted by molar-refractivity contribution is 9.10. The van der Waals surface area contributed by atoms with Crippen molar-refractivity contribution >= 4 is 33.2 Å². The Kier molecular flexibility index (Phi) is 3.92. The van der Waals surface area contributed by atoms with Crippen molar-refractivity contribution in [2.75, 3.05) is 0 Å². The van der Waals surface area contributed by atoms with Crippen LogP contribution in [-0.4, -0.2) is 16.5 Å². The highest BCUT2D eigenvalue weighted by Gasteiger charge is 2.17. The molecular weight excluding hydrogens is 364 g/mol. The number of pyridine rings is 1. The van der Waals surface area contributed by atoms with E-state index in [-0.39, 0.29) is 0 Å². The van der Waals surface area contributed by atoms with Crippen LogP contribution in [0.5, 0.6) is 0 Å². The van der Waals surface area contributed by atoms with Gasteiger partial charge in [-0.25, -0.2) is 4.99 Å². The summed E-state index contributed by atoms with van der Waals surface area (Å²) in [6, 6.07) is 19.9. The smallest absolute Gasteiger partial charge is 0.154 e. The van der Waals surface area contributed by atoms with Crippen LogP contribution in [0.1, 0.15) is 16.7 Å². The van der Waals surface area contributed by atoms with Crippen molar-refractivity contribution in [3.05, 3.63) is 94.2 Å². The molecule has 5 heteroatoms. The fourth-order valence-electron chi connectivity index (χ4n) is 2.56. The van der Waals surface area contributed by atoms with Crippen LogP contribution < -0.4 is 5.43 Å². The fourth-order valence-corrected chi connectivity index (χ4v) is 2.92. The van der Waals surface area contributed by atoms with Crippen LogP contribution in [0.2, 0.25) is 0 Å². The van der Waals surface area contributed by atoms with E-state index in [1.807, 2.05) is 60.7 Å². The first-order valence-corrected chi connectivity index (χ1v) is 8.29. The average Bonchev–Trinajstić information content (AvgIpc) is 2.82. The van der Waals surface area contributed by atoms with E-state index in [2.05, 4.69) is 31.4 Å². The molecule has 0 spiro atoms. The standard InChI is InChI=1S/C19H13BrN4/c20-15-8-9-17-16(11-15)18(14-7-4-10-21-12-14)23-24-19(22-17)13-5-2-1-3-6-13/h1-12H,(H,22,24). The molecule has 0 amide bonds. The number of hydrogen-bond acceptors (Lipinski definition) is 4. The number of nitrogens with one attached hydrogen (secondary N) is 1. The minimum Gasteiger partial charge on any atom is -0.264 e. The summed E-state index contributed by atoms with van der Waals surface area (Å²) in [5.41, 5.74) is 7.67. The summed E-state index contributed by atoms with van der Waals surface area (Å²) in [6.07, 6.45) is 3.56. The van der Waals surface area contributed by atoms with Crippen LogP contribution in [0, 0.1) is 0 Å². The van der Waals surface area contributed by atoms with E-state index in [0.717, 1.165) is 38.4 Å². The van der Waals surface area contributed by atoms with E-state index < -0.39 is 0 Å². The molecule has 0 fully saturated rings. The zero-order valence-electron chi connectivity index (χ0n) is 12.6. The third-order valence-corrected chi connectivity index (χ3v) is 4.20. The number of aromatic nitrogens is 1. The van der Waals surface area contributed by atoms with Gasteiger partial charge in [-0.2, -0.15) is 5.10 Å². The summed E-state index contributed by atoms with van der Waals surface area (Å²) in [4.78, 5) is 8.98. The van der Waals surface area contributed by atoms with Gasteiger partial charge in [0.15, 0.2) is 5.84 Å². The second-order valence-electron chi connectivity index (χ2n) is 5.30. The normalized spacial score (nSPS) is 13.2. The summed E-state index contributed by atoms with van der Waals surface area (Å²) in [5, 5.41) is 4.61. The number of aliphatic imine (C=N–C) groups is 1. The summed E-state index contributed by atoms with van der Waals surface area (Å²) in [5.74, 6) is 0.720. The fraction of sp³-hybridized carbons (Fsp3) is 0. The van der Waals surface area contributed by atoms with Crippen molar-refractivity contribution in [3.63, 3.8) is 0 Å². The summed E-state index contributed by atoms with van der Waals surface area (Å²) >= 11 is 3.54. The minimum absolute atomic E-state index is 0.720. The monoisotopic (exact) mass is 376 g/mol. The topological polar surface area (TPSA) is 49.6 Å². The minimum atomic E-state index is 0.720. The second-order valence-corrected chi connectivity index (χ2v) is 6.22. The van der Waals surface area contributed by atoms with Gasteiger partial charge in [0.2, 0.25) is 0 Å². The number of nitrogens with zero attached hydrogens (tertiary/aromatic N) is 3. The number of halogens is 1. The molecule has 0 saturated carbocycles. The molecule has 0 unspecified atom stereocenters. The lowest BCUT2D eigenvalue weighted by Crippen LogP contribution is -2.19. The zero-order valence-corrected chi connectivity index (χ0v) is 14.2. The van der Waals surface area contributed by atoms with Crippen molar-refractivity contribution < 1.29 is 0 Å². The Bertz CT molecular complexity index is 934. The van der Waals surface area contributed by atoms with Crippen LogP contribution in [0.25, 0.3) is 0 Å². The Morgan fingerprint density at radius 1 is 0.875 bits per heavy atom. The van der Waals surface area contributed by atoms with Gasteiger partial charge in [-0.1, -0.05) is 46.3 Å². The molecule has 1 N–H and O–H groups in total. The Morgan fingerprint density at radius 2 is 1.71 bits per heavy atom. The third kappa shape index (κ3) is 2.86. The molecule has 0 saturated heterocycles. The van der Waals surface area contributed by atoms with Crippen LogP contribution >= 0.6 is 15.9 Å². The number of fused-ring (bicyclic) bond motifs is 1. The molecule has 1 aliphatic rings. The lowest BCUT2D eigenvalue weighted by molar-refractivity contribution is 1.03. The Morgan fingerprint density at radius 3 is 2.50 bits per heavy atom. The molecule has 1 aliphatic heterocycles. The van der Waals surface area contributed by atoms with E-state index in [0.29, 0.717) is 0 Å². The predicted molar refractivity (Wildman–Crippen MR) is 99.8 cm³/mol. The van der Waals surface area contributed by atoms with Gasteiger partial charge in [-0.05, 0) is 30.3 Å². The van der Waals surface area contributed by atoms with Crippen molar-refractivity contribution in [3.8, 4) is 0 Å². The van der Waals surface area contributed by atoms with Crippen molar-refractivity contribution in [2.24, 2.45) is 10.1 Å². The second kappa shape index (κ2) is 6.37. The maximum atomic E-state index is 4.78. The van der Waals surface area contributed by atoms with Crippen molar-refractivity contribution in [1.82, 2.24) is 10.4 Å². The van der Waals surface area contributed by atoms with Gasteiger partial charge in [0, 0.05) is 33.6 Å². The Labute approximate surface area is 148 Å². The van der Waals surface area contributed by atoms with Gasteiger partial charge < -0.3 is 0 Å². The quantitative estimate of drug-likeness (QED) is 0.725. The Balaban J connectivity index is 1.89. The molecule has 2 aromatic carbocycles. The molecule has 3 aromatic rings. The molecular formula is C19H13BrN4. The SMILES string of the molecule is Brc1ccc2c(c1)C(c1cccnc1)=NNC(c1ccccc1)=N2. The molecule has 24 heavy (non-hydrogen) atoms. The Hall–Kier alpha value is -2.79. The summed E-state index contributed by atoms with van der Waals surface area (Å²) in [6.45, 7) is 0. The molecule has 4 nitrogen and oxygen atoms in total. The average molecular weight is 377 g/mol. The van der Waals surface area contributed by atoms with Crippen molar-refractivity contribution in [1.29, 1.82) is 0 Å².